The van der Waals surface area contributed by atoms with E-state index in [1.165, 1.54) is 6.33 Å². The van der Waals surface area contributed by atoms with Crippen LogP contribution in [0.3, 0.4) is 0 Å². The number of thioether (sulfide) groups is 1. The third-order valence-corrected chi connectivity index (χ3v) is 6.59. The number of aromatic amines is 1. The van der Waals surface area contributed by atoms with Gasteiger partial charge in [0.2, 0.25) is 0 Å². The quantitative estimate of drug-likeness (QED) is 0.660. The molecule has 0 radical (unpaired) electrons. The third kappa shape index (κ3) is 4.23. The fourth-order valence-corrected chi connectivity index (χ4v) is 5.02. The third-order valence-electron chi connectivity index (χ3n) is 4.94. The Bertz CT molecular complexity index is 899. The van der Waals surface area contributed by atoms with E-state index >= 15 is 0 Å². The Morgan fingerprint density at radius 1 is 1.31 bits per heavy atom. The second-order valence-electron chi connectivity index (χ2n) is 6.74. The van der Waals surface area contributed by atoms with Crippen LogP contribution in [0.5, 0.6) is 0 Å². The van der Waals surface area contributed by atoms with Gasteiger partial charge in [0.15, 0.2) is 12.0 Å². The lowest BCUT2D eigenvalue weighted by Gasteiger charge is -2.31. The zero-order valence-corrected chi connectivity index (χ0v) is 20.0. The van der Waals surface area contributed by atoms with Crippen LogP contribution in [0.2, 0.25) is 0 Å². The Morgan fingerprint density at radius 2 is 2.07 bits per heavy atom. The Balaban J connectivity index is 0.00000117. The molecule has 0 aliphatic carbocycles. The molecule has 1 aromatic rings. The topological polar surface area (TPSA) is 94.2 Å². The summed E-state index contributed by atoms with van der Waals surface area (Å²) in [6.07, 6.45) is 2.48. The minimum Gasteiger partial charge on any atom is -0.269 e. The summed E-state index contributed by atoms with van der Waals surface area (Å²) >= 11 is 5.23. The fourth-order valence-electron chi connectivity index (χ4n) is 3.27. The van der Waals surface area contributed by atoms with Crippen LogP contribution < -0.4 is 0 Å². The second kappa shape index (κ2) is 9.34. The number of aliphatic imine (C=N–C) groups is 3. The van der Waals surface area contributed by atoms with Gasteiger partial charge in [-0.3, -0.25) is 20.1 Å². The normalized spacial score (nSPS) is 24.7. The van der Waals surface area contributed by atoms with E-state index in [2.05, 4.69) is 55.0 Å². The highest BCUT2D eigenvalue weighted by molar-refractivity contribution is 9.11. The minimum atomic E-state index is -0.0347. The Morgan fingerprint density at radius 3 is 2.69 bits per heavy atom. The van der Waals surface area contributed by atoms with Crippen molar-refractivity contribution in [2.45, 2.75) is 66.2 Å². The zero-order valence-electron chi connectivity index (χ0n) is 17.6. The standard InChI is InChI=1S/C17H21BrN8S.C2H6/c1-5-8(2)26-16-13(10(4)25-26)22-12(9(3)21-16)11-6-27-17(23-14(11)18)15-19-7-20-24-15;1-2/h7-8,13,16H,5-6H2,1-4H3,(H,19,20,24);1-2H3. The predicted molar refractivity (Wildman–Crippen MR) is 125 cm³/mol. The van der Waals surface area contributed by atoms with Gasteiger partial charge in [-0.15, -0.1) is 0 Å². The largest absolute Gasteiger partial charge is 0.269 e. The molecule has 0 aromatic carbocycles. The molecule has 0 spiro atoms. The number of aromatic nitrogens is 3. The molecule has 156 valence electrons. The van der Waals surface area contributed by atoms with Crippen LogP contribution in [-0.2, 0) is 0 Å². The molecule has 29 heavy (non-hydrogen) atoms. The number of fused-ring (bicyclic) bond motifs is 1. The first-order valence-electron chi connectivity index (χ1n) is 9.91. The molecule has 0 bridgehead atoms. The number of nitrogens with one attached hydrogen (secondary N) is 1. The molecule has 0 fully saturated rings. The monoisotopic (exact) mass is 478 g/mol. The molecule has 3 unspecified atom stereocenters. The first-order valence-corrected chi connectivity index (χ1v) is 11.7. The number of nitrogens with zero attached hydrogens (tertiary/aromatic N) is 7. The van der Waals surface area contributed by atoms with Crippen LogP contribution in [0, 0.1) is 0 Å². The molecular formula is C19H27BrN8S. The van der Waals surface area contributed by atoms with E-state index < -0.39 is 0 Å². The number of hydrogen-bond acceptors (Lipinski definition) is 8. The molecule has 4 rings (SSSR count). The van der Waals surface area contributed by atoms with Gasteiger partial charge in [-0.1, -0.05) is 32.5 Å². The molecule has 0 saturated heterocycles. The second-order valence-corrected chi connectivity index (χ2v) is 8.45. The lowest BCUT2D eigenvalue weighted by Crippen LogP contribution is -2.43. The van der Waals surface area contributed by atoms with Gasteiger partial charge in [0.1, 0.15) is 22.0 Å². The van der Waals surface area contributed by atoms with Crippen LogP contribution >= 0.6 is 27.7 Å². The van der Waals surface area contributed by atoms with Crippen molar-refractivity contribution in [2.75, 3.05) is 5.75 Å². The first-order chi connectivity index (χ1) is 14.0. The molecule has 1 N–H and O–H groups in total. The maximum absolute atomic E-state index is 5.04. The summed E-state index contributed by atoms with van der Waals surface area (Å²) in [4.78, 5) is 18.8. The minimum absolute atomic E-state index is 0.0323. The summed E-state index contributed by atoms with van der Waals surface area (Å²) in [6, 6.07) is 0.309. The Hall–Kier alpha value is -1.81. The van der Waals surface area contributed by atoms with Crippen molar-refractivity contribution in [1.82, 2.24) is 20.2 Å². The van der Waals surface area contributed by atoms with E-state index in [1.54, 1.807) is 11.8 Å². The summed E-state index contributed by atoms with van der Waals surface area (Å²) in [5, 5.41) is 14.4. The number of hydrogen-bond donors (Lipinski definition) is 1. The molecule has 3 atom stereocenters. The van der Waals surface area contributed by atoms with Crippen molar-refractivity contribution in [3.63, 3.8) is 0 Å². The van der Waals surface area contributed by atoms with E-state index in [0.29, 0.717) is 11.9 Å². The molecule has 3 aliphatic heterocycles. The van der Waals surface area contributed by atoms with Crippen LogP contribution in [0.25, 0.3) is 0 Å². The van der Waals surface area contributed by atoms with Gasteiger partial charge in [-0.25, -0.2) is 9.98 Å². The van der Waals surface area contributed by atoms with Crippen LogP contribution in [0.4, 0.5) is 0 Å². The molecule has 4 heterocycles. The van der Waals surface area contributed by atoms with Crippen LogP contribution in [-0.4, -0.2) is 66.4 Å². The Kier molecular flexibility index (Phi) is 7.05. The predicted octanol–water partition coefficient (Wildman–Crippen LogP) is 4.03. The van der Waals surface area contributed by atoms with E-state index in [-0.39, 0.29) is 12.2 Å². The van der Waals surface area contributed by atoms with E-state index in [4.69, 9.17) is 15.1 Å². The summed E-state index contributed by atoms with van der Waals surface area (Å²) in [6.45, 7) is 12.4. The van der Waals surface area contributed by atoms with Gasteiger partial charge in [-0.2, -0.15) is 10.2 Å². The highest BCUT2D eigenvalue weighted by atomic mass is 79.9. The number of rotatable bonds is 4. The lowest BCUT2D eigenvalue weighted by molar-refractivity contribution is 0.164. The van der Waals surface area contributed by atoms with E-state index in [1.807, 2.05) is 27.7 Å². The summed E-state index contributed by atoms with van der Waals surface area (Å²) in [5.41, 5.74) is 3.91. The van der Waals surface area contributed by atoms with Gasteiger partial charge in [0.25, 0.3) is 0 Å². The Labute approximate surface area is 184 Å². The van der Waals surface area contributed by atoms with Gasteiger partial charge in [-0.05, 0) is 43.1 Å². The molecule has 0 amide bonds. The molecule has 3 aliphatic rings. The van der Waals surface area contributed by atoms with Crippen LogP contribution in [0.15, 0.2) is 36.6 Å². The average Bonchev–Trinajstić information content (AvgIpc) is 3.37. The van der Waals surface area contributed by atoms with Crippen molar-refractivity contribution in [3.8, 4) is 0 Å². The molecule has 1 aromatic heterocycles. The molecule has 8 nitrogen and oxygen atoms in total. The van der Waals surface area contributed by atoms with Crippen LogP contribution in [0.1, 0.15) is 53.8 Å². The molecule has 0 saturated carbocycles. The average molecular weight is 479 g/mol. The zero-order chi connectivity index (χ0) is 21.1. The van der Waals surface area contributed by atoms with Crippen molar-refractivity contribution in [3.05, 3.63) is 22.3 Å². The highest BCUT2D eigenvalue weighted by Gasteiger charge is 2.40. The van der Waals surface area contributed by atoms with Crippen molar-refractivity contribution in [1.29, 1.82) is 0 Å². The summed E-state index contributed by atoms with van der Waals surface area (Å²) in [5.74, 6) is 1.42. The molecule has 10 heteroatoms. The fraction of sp³-hybridized carbons (Fsp3) is 0.579. The van der Waals surface area contributed by atoms with E-state index in [0.717, 1.165) is 44.5 Å². The van der Waals surface area contributed by atoms with Gasteiger partial charge in [0, 0.05) is 17.4 Å². The van der Waals surface area contributed by atoms with Gasteiger partial charge < -0.3 is 0 Å². The highest BCUT2D eigenvalue weighted by Crippen LogP contribution is 2.33. The number of H-pyrrole nitrogens is 1. The summed E-state index contributed by atoms with van der Waals surface area (Å²) in [7, 11) is 0. The molecular weight excluding hydrogens is 452 g/mol. The number of hydrazone groups is 1. The SMILES string of the molecule is CC.CCC(C)N1N=C(C)C2N=C(C3=C(Br)N=C(c4ncn[nH]4)SC3)C(C)=NC21. The van der Waals surface area contributed by atoms with Crippen molar-refractivity contribution >= 4 is 49.9 Å². The number of halogens is 1. The summed E-state index contributed by atoms with van der Waals surface area (Å²) < 4.78 is 0.769. The van der Waals surface area contributed by atoms with Crippen molar-refractivity contribution < 1.29 is 0 Å². The van der Waals surface area contributed by atoms with Gasteiger partial charge >= 0.3 is 0 Å². The first kappa shape index (κ1) is 21.9. The lowest BCUT2D eigenvalue weighted by atomic mass is 10.0. The maximum atomic E-state index is 5.04. The maximum Gasteiger partial charge on any atom is 0.180 e. The van der Waals surface area contributed by atoms with Gasteiger partial charge in [0.05, 0.1) is 17.1 Å². The smallest absolute Gasteiger partial charge is 0.180 e. The van der Waals surface area contributed by atoms with Crippen molar-refractivity contribution in [2.24, 2.45) is 20.1 Å². The van der Waals surface area contributed by atoms with E-state index in [9.17, 15) is 0 Å².